The number of rotatable bonds is 4. The molecule has 0 aromatic carbocycles. The summed E-state index contributed by atoms with van der Waals surface area (Å²) in [6.45, 7) is 0. The van der Waals surface area contributed by atoms with E-state index in [1.54, 1.807) is 18.6 Å². The average molecular weight is 483 g/mol. The Balaban J connectivity index is 0.000000139. The molecule has 2 aliphatic carbocycles. The van der Waals surface area contributed by atoms with Crippen molar-refractivity contribution in [1.29, 1.82) is 0 Å². The minimum Gasteiger partial charge on any atom is -0.346 e. The highest BCUT2D eigenvalue weighted by atomic mass is 35.5. The molecule has 2 aliphatic rings. The molecule has 0 radical (unpaired) electrons. The lowest BCUT2D eigenvalue weighted by molar-refractivity contribution is 0.0857. The number of carbonyl (C=O) groups excluding carboxylic acids is 1. The van der Waals surface area contributed by atoms with E-state index in [1.165, 1.54) is 6.42 Å². The Morgan fingerprint density at radius 3 is 1.88 bits per heavy atom. The van der Waals surface area contributed by atoms with Crippen LogP contribution < -0.4 is 5.84 Å². The summed E-state index contributed by atoms with van der Waals surface area (Å²) in [7, 11) is 0. The van der Waals surface area contributed by atoms with E-state index in [2.05, 4.69) is 25.0 Å². The smallest absolute Gasteiger partial charge is 0.168 e. The van der Waals surface area contributed by atoms with Gasteiger partial charge in [-0.1, -0.05) is 36.0 Å². The van der Waals surface area contributed by atoms with Crippen molar-refractivity contribution >= 4 is 56.8 Å². The molecule has 0 saturated heterocycles. The van der Waals surface area contributed by atoms with Gasteiger partial charge in [-0.3, -0.25) is 4.79 Å². The fourth-order valence-electron chi connectivity index (χ4n) is 4.41. The normalized spacial score (nSPS) is 16.8. The first-order chi connectivity index (χ1) is 16.1. The topological polar surface area (TPSA) is 113 Å². The van der Waals surface area contributed by atoms with E-state index in [0.717, 1.165) is 65.4 Å². The number of ketones is 1. The van der Waals surface area contributed by atoms with Crippen LogP contribution in [-0.2, 0) is 0 Å². The summed E-state index contributed by atoms with van der Waals surface area (Å²) in [6, 6.07) is 3.83. The molecule has 170 valence electrons. The summed E-state index contributed by atoms with van der Waals surface area (Å²) in [5.74, 6) is 6.32. The minimum absolute atomic E-state index is 0.165. The van der Waals surface area contributed by atoms with Crippen LogP contribution in [0.25, 0.3) is 22.1 Å². The number of nitrogens with one attached hydrogen (secondary N) is 2. The zero-order chi connectivity index (χ0) is 22.9. The molecule has 2 fully saturated rings. The van der Waals surface area contributed by atoms with Gasteiger partial charge < -0.3 is 15.8 Å². The summed E-state index contributed by atoms with van der Waals surface area (Å²) in [5.41, 5.74) is 4.04. The number of hydrazone groups is 1. The van der Waals surface area contributed by atoms with Crippen LogP contribution in [0.1, 0.15) is 54.4 Å². The zero-order valence-corrected chi connectivity index (χ0v) is 19.5. The van der Waals surface area contributed by atoms with Crippen LogP contribution in [0.4, 0.5) is 0 Å². The number of aromatic amines is 2. The van der Waals surface area contributed by atoms with Crippen molar-refractivity contribution in [2.24, 2.45) is 22.8 Å². The van der Waals surface area contributed by atoms with Crippen LogP contribution in [-0.4, -0.2) is 31.4 Å². The Bertz CT molecular complexity index is 1350. The number of Topliss-reactive ketones (excluding diaryl/α,β-unsaturated/α-hetero) is 1. The maximum Gasteiger partial charge on any atom is 0.168 e. The molecule has 4 N–H and O–H groups in total. The van der Waals surface area contributed by atoms with Crippen molar-refractivity contribution in [3.05, 3.63) is 58.1 Å². The lowest BCUT2D eigenvalue weighted by Gasteiger charge is -2.27. The van der Waals surface area contributed by atoms with Crippen LogP contribution >= 0.6 is 23.2 Å². The van der Waals surface area contributed by atoms with Crippen molar-refractivity contribution in [3.63, 3.8) is 0 Å². The van der Waals surface area contributed by atoms with Gasteiger partial charge in [0.25, 0.3) is 0 Å². The molecule has 7 nitrogen and oxygen atoms in total. The monoisotopic (exact) mass is 482 g/mol. The highest BCUT2D eigenvalue weighted by Crippen LogP contribution is 2.35. The average Bonchev–Trinajstić information content (AvgIpc) is 3.39. The maximum absolute atomic E-state index is 12.2. The third kappa shape index (κ3) is 4.00. The predicted octanol–water partition coefficient (Wildman–Crippen LogP) is 5.88. The zero-order valence-electron chi connectivity index (χ0n) is 17.9. The van der Waals surface area contributed by atoms with Crippen molar-refractivity contribution in [3.8, 4) is 0 Å². The number of hydrogen-bond donors (Lipinski definition) is 3. The number of hydrogen-bond acceptors (Lipinski definition) is 5. The second-order valence-electron chi connectivity index (χ2n) is 8.58. The summed E-state index contributed by atoms with van der Waals surface area (Å²) in [4.78, 5) is 26.7. The second-order valence-corrected chi connectivity index (χ2v) is 9.39. The lowest BCUT2D eigenvalue weighted by atomic mass is 9.79. The van der Waals surface area contributed by atoms with E-state index in [1.807, 2.05) is 18.3 Å². The van der Waals surface area contributed by atoms with Crippen LogP contribution in [0.15, 0.2) is 42.0 Å². The van der Waals surface area contributed by atoms with Crippen LogP contribution in [0.3, 0.4) is 0 Å². The molecule has 0 bridgehead atoms. The fraction of sp³-hybridized carbons (Fsp3) is 0.333. The number of aromatic nitrogens is 4. The van der Waals surface area contributed by atoms with Crippen molar-refractivity contribution in [2.45, 2.75) is 38.5 Å². The SMILES string of the molecule is N/N=C(/c1c(Cl)cnc2[nH]ccc12)C1CCC1.O=C(c1c(Cl)cnc2[nH]ccc12)C1CCC1. The van der Waals surface area contributed by atoms with E-state index in [9.17, 15) is 4.79 Å². The first-order valence-electron chi connectivity index (χ1n) is 11.1. The van der Waals surface area contributed by atoms with Gasteiger partial charge in [-0.05, 0) is 37.8 Å². The van der Waals surface area contributed by atoms with Crippen LogP contribution in [0.5, 0.6) is 0 Å². The van der Waals surface area contributed by atoms with Crippen molar-refractivity contribution in [2.75, 3.05) is 0 Å². The summed E-state index contributed by atoms with van der Waals surface area (Å²) < 4.78 is 0. The molecule has 4 heterocycles. The molecule has 0 unspecified atom stereocenters. The summed E-state index contributed by atoms with van der Waals surface area (Å²) >= 11 is 12.3. The van der Waals surface area contributed by atoms with Gasteiger partial charge in [-0.25, -0.2) is 9.97 Å². The highest BCUT2D eigenvalue weighted by Gasteiger charge is 2.29. The van der Waals surface area contributed by atoms with Gasteiger partial charge in [0.15, 0.2) is 5.78 Å². The number of fused-ring (bicyclic) bond motifs is 2. The Hall–Kier alpha value is -2.90. The van der Waals surface area contributed by atoms with Gasteiger partial charge in [0, 0.05) is 58.5 Å². The second kappa shape index (κ2) is 9.15. The first-order valence-corrected chi connectivity index (χ1v) is 11.9. The van der Waals surface area contributed by atoms with Crippen molar-refractivity contribution in [1.82, 2.24) is 19.9 Å². The molecular weight excluding hydrogens is 459 g/mol. The Labute approximate surface area is 200 Å². The fourth-order valence-corrected chi connectivity index (χ4v) is 4.90. The Morgan fingerprint density at radius 1 is 0.879 bits per heavy atom. The number of pyridine rings is 2. The maximum atomic E-state index is 12.2. The summed E-state index contributed by atoms with van der Waals surface area (Å²) in [5, 5.41) is 6.87. The number of carbonyl (C=O) groups is 1. The third-order valence-electron chi connectivity index (χ3n) is 6.69. The van der Waals surface area contributed by atoms with Gasteiger partial charge in [-0.2, -0.15) is 5.10 Å². The molecule has 0 atom stereocenters. The third-order valence-corrected chi connectivity index (χ3v) is 7.26. The standard InChI is InChI=1S/C12H13ClN4.C12H11ClN2O/c13-9-6-16-12-8(4-5-15-12)10(9)11(17-14)7-2-1-3-7;13-9-6-15-12-8(4-5-14-12)10(9)11(16)7-2-1-3-7/h4-7H,1-3,14H2,(H,15,16);4-7H,1-3H2,(H,14,15)/b17-11+;. The quantitative estimate of drug-likeness (QED) is 0.146. The molecule has 4 aromatic heterocycles. The van der Waals surface area contributed by atoms with E-state index in [4.69, 9.17) is 29.0 Å². The predicted molar refractivity (Wildman–Crippen MR) is 132 cm³/mol. The lowest BCUT2D eigenvalue weighted by Crippen LogP contribution is -2.24. The van der Waals surface area contributed by atoms with Crippen LogP contribution in [0.2, 0.25) is 10.0 Å². The van der Waals surface area contributed by atoms with Crippen LogP contribution in [0, 0.1) is 11.8 Å². The van der Waals surface area contributed by atoms with Gasteiger partial charge in [-0.15, -0.1) is 0 Å². The molecule has 0 aliphatic heterocycles. The highest BCUT2D eigenvalue weighted by molar-refractivity contribution is 6.36. The van der Waals surface area contributed by atoms with E-state index >= 15 is 0 Å². The number of nitrogens with zero attached hydrogens (tertiary/aromatic N) is 3. The summed E-state index contributed by atoms with van der Waals surface area (Å²) in [6.07, 6.45) is 13.5. The van der Waals surface area contributed by atoms with Gasteiger partial charge in [0.2, 0.25) is 0 Å². The van der Waals surface area contributed by atoms with Gasteiger partial charge >= 0.3 is 0 Å². The number of H-pyrrole nitrogens is 2. The molecule has 6 rings (SSSR count). The Morgan fingerprint density at radius 2 is 1.39 bits per heavy atom. The number of halogens is 2. The largest absolute Gasteiger partial charge is 0.346 e. The van der Waals surface area contributed by atoms with E-state index in [0.29, 0.717) is 21.5 Å². The van der Waals surface area contributed by atoms with Gasteiger partial charge in [0.05, 0.1) is 15.8 Å². The van der Waals surface area contributed by atoms with E-state index < -0.39 is 0 Å². The minimum atomic E-state index is 0.165. The molecule has 0 spiro atoms. The molecule has 9 heteroatoms. The molecule has 33 heavy (non-hydrogen) atoms. The molecule has 2 saturated carbocycles. The molecular formula is C24H24Cl2N6O. The van der Waals surface area contributed by atoms with Gasteiger partial charge in [0.1, 0.15) is 11.3 Å². The van der Waals surface area contributed by atoms with E-state index in [-0.39, 0.29) is 11.7 Å². The molecule has 4 aromatic rings. The van der Waals surface area contributed by atoms with Crippen molar-refractivity contribution < 1.29 is 4.79 Å². The Kier molecular flexibility index (Phi) is 6.08. The number of nitrogens with two attached hydrogens (primary N) is 1. The first kappa shape index (κ1) is 21.9. The molecule has 0 amide bonds.